The molecule has 0 unspecified atom stereocenters. The van der Waals surface area contributed by atoms with Gasteiger partial charge >= 0.3 is 0 Å². The molecule has 0 bridgehead atoms. The molecule has 4 nitrogen and oxygen atoms in total. The van der Waals surface area contributed by atoms with E-state index in [9.17, 15) is 0 Å². The second kappa shape index (κ2) is 12.9. The van der Waals surface area contributed by atoms with Gasteiger partial charge in [-0.15, -0.1) is 24.8 Å². The molecule has 4 rings (SSSR count). The Labute approximate surface area is 240 Å². The van der Waals surface area contributed by atoms with Gasteiger partial charge in [-0.2, -0.15) is 0 Å². The van der Waals surface area contributed by atoms with E-state index in [-0.39, 0.29) is 24.8 Å². The predicted octanol–water partition coefficient (Wildman–Crippen LogP) is 8.35. The standard InChI is InChI=1S/2C16H20N2.2ClH/c2*1-9-11(3)15(17)7-5-13(9)14-6-8-16(18)12(4)10(14)2;;/h2*5-8H,17-18H2,1-4H3;2*1H. The van der Waals surface area contributed by atoms with E-state index in [2.05, 4.69) is 79.7 Å². The molecule has 0 fully saturated rings. The maximum Gasteiger partial charge on any atom is 0.0346 e. The van der Waals surface area contributed by atoms with Crippen LogP contribution in [-0.2, 0) is 0 Å². The van der Waals surface area contributed by atoms with Gasteiger partial charge in [0.05, 0.1) is 0 Å². The molecular weight excluding hydrogens is 511 g/mol. The largest absolute Gasteiger partial charge is 0.399 e. The van der Waals surface area contributed by atoms with Gasteiger partial charge in [-0.3, -0.25) is 0 Å². The highest BCUT2D eigenvalue weighted by Crippen LogP contribution is 2.34. The Morgan fingerprint density at radius 3 is 0.605 bits per heavy atom. The SMILES string of the molecule is Cc1c(N)ccc(-c2ccc(N)c(C)c2C)c1C.Cc1c(N)ccc(-c2ccc(N)c(C)c2C)c1C.Cl.Cl. The lowest BCUT2D eigenvalue weighted by Gasteiger charge is -2.15. The number of nitrogens with two attached hydrogens (primary N) is 4. The summed E-state index contributed by atoms with van der Waals surface area (Å²) in [6.45, 7) is 16.7. The van der Waals surface area contributed by atoms with Crippen molar-refractivity contribution in [3.63, 3.8) is 0 Å². The van der Waals surface area contributed by atoms with Crippen molar-refractivity contribution < 1.29 is 0 Å². The maximum absolute atomic E-state index is 5.94. The predicted molar refractivity (Wildman–Crippen MR) is 174 cm³/mol. The molecule has 0 aromatic heterocycles. The van der Waals surface area contributed by atoms with Crippen molar-refractivity contribution in [3.8, 4) is 22.3 Å². The summed E-state index contributed by atoms with van der Waals surface area (Å²) >= 11 is 0. The van der Waals surface area contributed by atoms with Crippen LogP contribution in [-0.4, -0.2) is 0 Å². The van der Waals surface area contributed by atoms with Crippen molar-refractivity contribution >= 4 is 47.6 Å². The second-order valence-electron chi connectivity index (χ2n) is 9.81. The van der Waals surface area contributed by atoms with Crippen LogP contribution < -0.4 is 22.9 Å². The van der Waals surface area contributed by atoms with Gasteiger partial charge in [-0.05, 0) is 146 Å². The van der Waals surface area contributed by atoms with Crippen molar-refractivity contribution in [2.24, 2.45) is 0 Å². The lowest BCUT2D eigenvalue weighted by molar-refractivity contribution is 1.30. The summed E-state index contributed by atoms with van der Waals surface area (Å²) in [5, 5.41) is 0. The molecule has 0 aliphatic rings. The molecule has 4 aromatic carbocycles. The Hall–Kier alpha value is -3.34. The van der Waals surface area contributed by atoms with E-state index < -0.39 is 0 Å². The van der Waals surface area contributed by atoms with E-state index in [0.717, 1.165) is 45.0 Å². The molecule has 6 heteroatoms. The average Bonchev–Trinajstić information content (AvgIpc) is 2.85. The topological polar surface area (TPSA) is 104 Å². The molecule has 0 spiro atoms. The van der Waals surface area contributed by atoms with Crippen LogP contribution in [0.1, 0.15) is 44.5 Å². The van der Waals surface area contributed by atoms with Gasteiger partial charge in [-0.1, -0.05) is 24.3 Å². The zero-order valence-corrected chi connectivity index (χ0v) is 25.4. The number of anilines is 4. The van der Waals surface area contributed by atoms with Crippen LogP contribution in [0.3, 0.4) is 0 Å². The van der Waals surface area contributed by atoms with Crippen LogP contribution >= 0.6 is 24.8 Å². The molecule has 38 heavy (non-hydrogen) atoms. The number of rotatable bonds is 2. The van der Waals surface area contributed by atoms with Crippen molar-refractivity contribution in [1.29, 1.82) is 0 Å². The number of benzene rings is 4. The molecule has 0 radical (unpaired) electrons. The quantitative estimate of drug-likeness (QED) is 0.187. The average molecular weight is 554 g/mol. The van der Waals surface area contributed by atoms with Crippen LogP contribution in [0, 0.1) is 55.4 Å². The Morgan fingerprint density at radius 1 is 0.289 bits per heavy atom. The van der Waals surface area contributed by atoms with E-state index >= 15 is 0 Å². The summed E-state index contributed by atoms with van der Waals surface area (Å²) in [4.78, 5) is 0. The smallest absolute Gasteiger partial charge is 0.0346 e. The molecule has 0 saturated carbocycles. The Balaban J connectivity index is 0.000000361. The van der Waals surface area contributed by atoms with Crippen LogP contribution in [0.4, 0.5) is 22.7 Å². The first-order valence-corrected chi connectivity index (χ1v) is 12.3. The number of nitrogen functional groups attached to an aromatic ring is 4. The molecule has 8 N–H and O–H groups in total. The van der Waals surface area contributed by atoms with Gasteiger partial charge in [0, 0.05) is 22.7 Å². The Kier molecular flexibility index (Phi) is 11.1. The normalized spacial score (nSPS) is 10.1. The van der Waals surface area contributed by atoms with Crippen molar-refractivity contribution in [2.75, 3.05) is 22.9 Å². The Morgan fingerprint density at radius 2 is 0.447 bits per heavy atom. The first-order chi connectivity index (χ1) is 16.9. The van der Waals surface area contributed by atoms with Crippen LogP contribution in [0.15, 0.2) is 48.5 Å². The third kappa shape index (κ3) is 6.20. The van der Waals surface area contributed by atoms with E-state index in [1.165, 1.54) is 44.5 Å². The fourth-order valence-electron chi connectivity index (χ4n) is 4.53. The number of halogens is 2. The molecule has 0 aliphatic heterocycles. The molecule has 4 aromatic rings. The summed E-state index contributed by atoms with van der Waals surface area (Å²) in [6, 6.07) is 16.3. The summed E-state index contributed by atoms with van der Waals surface area (Å²) in [5.41, 5.74) is 41.7. The van der Waals surface area contributed by atoms with Crippen LogP contribution in [0.5, 0.6) is 0 Å². The fraction of sp³-hybridized carbons (Fsp3) is 0.250. The highest BCUT2D eigenvalue weighted by atomic mass is 35.5. The third-order valence-electron chi connectivity index (χ3n) is 7.90. The minimum atomic E-state index is 0. The van der Waals surface area contributed by atoms with Gasteiger partial charge < -0.3 is 22.9 Å². The monoisotopic (exact) mass is 552 g/mol. The van der Waals surface area contributed by atoms with Crippen LogP contribution in [0.2, 0.25) is 0 Å². The van der Waals surface area contributed by atoms with Crippen LogP contribution in [0.25, 0.3) is 22.3 Å². The first kappa shape index (κ1) is 32.7. The highest BCUT2D eigenvalue weighted by molar-refractivity contribution is 5.85. The molecule has 204 valence electrons. The maximum atomic E-state index is 5.94. The summed E-state index contributed by atoms with van der Waals surface area (Å²) in [6.07, 6.45) is 0. The van der Waals surface area contributed by atoms with Gasteiger partial charge in [0.15, 0.2) is 0 Å². The third-order valence-corrected chi connectivity index (χ3v) is 7.90. The van der Waals surface area contributed by atoms with E-state index in [0.29, 0.717) is 0 Å². The fourth-order valence-corrected chi connectivity index (χ4v) is 4.53. The molecule has 0 heterocycles. The van der Waals surface area contributed by atoms with Gasteiger partial charge in [0.2, 0.25) is 0 Å². The second-order valence-corrected chi connectivity index (χ2v) is 9.81. The lowest BCUT2D eigenvalue weighted by Crippen LogP contribution is -1.98. The molecule has 0 saturated heterocycles. The molecule has 0 amide bonds. The van der Waals surface area contributed by atoms with Crippen molar-refractivity contribution in [2.45, 2.75) is 55.4 Å². The van der Waals surface area contributed by atoms with Crippen molar-refractivity contribution in [1.82, 2.24) is 0 Å². The zero-order chi connectivity index (χ0) is 26.9. The number of hydrogen-bond donors (Lipinski definition) is 4. The lowest BCUT2D eigenvalue weighted by atomic mass is 9.91. The molecule has 0 atom stereocenters. The number of hydrogen-bond acceptors (Lipinski definition) is 4. The Bertz CT molecular complexity index is 1240. The summed E-state index contributed by atoms with van der Waals surface area (Å²) in [5.74, 6) is 0. The zero-order valence-electron chi connectivity index (χ0n) is 23.7. The van der Waals surface area contributed by atoms with E-state index in [1.54, 1.807) is 0 Å². The molecular formula is C32H42Cl2N4. The highest BCUT2D eigenvalue weighted by Gasteiger charge is 2.12. The van der Waals surface area contributed by atoms with E-state index in [4.69, 9.17) is 22.9 Å². The van der Waals surface area contributed by atoms with Gasteiger partial charge in [0.25, 0.3) is 0 Å². The van der Waals surface area contributed by atoms with Gasteiger partial charge in [0.1, 0.15) is 0 Å². The van der Waals surface area contributed by atoms with Crippen molar-refractivity contribution in [3.05, 3.63) is 93.0 Å². The van der Waals surface area contributed by atoms with Gasteiger partial charge in [-0.25, -0.2) is 0 Å². The summed E-state index contributed by atoms with van der Waals surface area (Å²) in [7, 11) is 0. The minimum absolute atomic E-state index is 0. The minimum Gasteiger partial charge on any atom is -0.399 e. The molecule has 0 aliphatic carbocycles. The van der Waals surface area contributed by atoms with E-state index in [1.807, 2.05) is 24.3 Å². The summed E-state index contributed by atoms with van der Waals surface area (Å²) < 4.78 is 0. The first-order valence-electron chi connectivity index (χ1n) is 12.3.